The van der Waals surface area contributed by atoms with Crippen LogP contribution in [0.2, 0.25) is 0 Å². The Morgan fingerprint density at radius 3 is 2.44 bits per heavy atom. The van der Waals surface area contributed by atoms with Crippen molar-refractivity contribution in [2.75, 3.05) is 0 Å². The second-order valence-electron chi connectivity index (χ2n) is 5.86. The van der Waals surface area contributed by atoms with Crippen LogP contribution >= 0.6 is 15.9 Å². The fourth-order valence-electron chi connectivity index (χ4n) is 1.68. The summed E-state index contributed by atoms with van der Waals surface area (Å²) in [5.74, 6) is 0.154. The molecule has 0 fully saturated rings. The van der Waals surface area contributed by atoms with E-state index >= 15 is 0 Å². The van der Waals surface area contributed by atoms with Gasteiger partial charge in [0.25, 0.3) is 0 Å². The van der Waals surface area contributed by atoms with Crippen molar-refractivity contribution in [1.29, 1.82) is 0 Å². The topological polar surface area (TPSA) is 60.9 Å². The van der Waals surface area contributed by atoms with Crippen molar-refractivity contribution >= 4 is 21.7 Å². The summed E-state index contributed by atoms with van der Waals surface area (Å²) in [7, 11) is 1.85. The molecule has 1 heterocycles. The van der Waals surface area contributed by atoms with Crippen LogP contribution in [0.25, 0.3) is 0 Å². The van der Waals surface area contributed by atoms with Gasteiger partial charge in [-0.3, -0.25) is 9.48 Å². The minimum atomic E-state index is -0.113. The Balaban J connectivity index is 2.71. The number of nitrogens with zero attached hydrogens (tertiary/aromatic N) is 2. The van der Waals surface area contributed by atoms with E-state index in [4.69, 9.17) is 5.73 Å². The molecule has 102 valence electrons. The molecule has 0 saturated carbocycles. The van der Waals surface area contributed by atoms with Crippen LogP contribution in [-0.2, 0) is 18.3 Å². The molecule has 0 radical (unpaired) electrons. The number of hydrogen-bond acceptors (Lipinski definition) is 3. The molecule has 1 rings (SSSR count). The highest BCUT2D eigenvalue weighted by atomic mass is 79.9. The third kappa shape index (κ3) is 3.65. The van der Waals surface area contributed by atoms with E-state index in [1.807, 2.05) is 14.0 Å². The summed E-state index contributed by atoms with van der Waals surface area (Å²) >= 11 is 3.47. The maximum atomic E-state index is 12.0. The molecule has 0 spiro atoms. The molecule has 0 aliphatic carbocycles. The first kappa shape index (κ1) is 15.4. The molecule has 5 heteroatoms. The molecule has 1 aromatic heterocycles. The smallest absolute Gasteiger partial charge is 0.140 e. The monoisotopic (exact) mass is 315 g/mol. The Kier molecular flexibility index (Phi) is 4.72. The zero-order valence-electron chi connectivity index (χ0n) is 11.7. The maximum absolute atomic E-state index is 12.0. The molecule has 0 bridgehead atoms. The highest BCUT2D eigenvalue weighted by Crippen LogP contribution is 2.23. The number of rotatable bonds is 4. The first-order valence-corrected chi connectivity index (χ1v) is 6.87. The van der Waals surface area contributed by atoms with E-state index in [1.165, 1.54) is 0 Å². The van der Waals surface area contributed by atoms with Crippen molar-refractivity contribution in [3.63, 3.8) is 0 Å². The predicted octanol–water partition coefficient (Wildman–Crippen LogP) is 2.37. The second kappa shape index (κ2) is 5.53. The lowest BCUT2D eigenvalue weighted by atomic mass is 9.84. The zero-order chi connectivity index (χ0) is 14.1. The van der Waals surface area contributed by atoms with E-state index in [1.54, 1.807) is 4.68 Å². The maximum Gasteiger partial charge on any atom is 0.140 e. The molecule has 0 aliphatic heterocycles. The van der Waals surface area contributed by atoms with Gasteiger partial charge >= 0.3 is 0 Å². The number of halogens is 1. The van der Waals surface area contributed by atoms with Gasteiger partial charge in [-0.2, -0.15) is 5.10 Å². The van der Waals surface area contributed by atoms with Gasteiger partial charge in [0.1, 0.15) is 5.78 Å². The number of aryl methyl sites for hydroxylation is 2. The first-order valence-electron chi connectivity index (χ1n) is 6.08. The lowest BCUT2D eigenvalue weighted by molar-refractivity contribution is -0.119. The van der Waals surface area contributed by atoms with Gasteiger partial charge in [-0.05, 0) is 28.3 Å². The van der Waals surface area contributed by atoms with Crippen molar-refractivity contribution in [1.82, 2.24) is 9.78 Å². The lowest BCUT2D eigenvalue weighted by Gasteiger charge is -2.26. The van der Waals surface area contributed by atoms with Crippen molar-refractivity contribution in [2.24, 2.45) is 18.2 Å². The van der Waals surface area contributed by atoms with E-state index < -0.39 is 0 Å². The summed E-state index contributed by atoms with van der Waals surface area (Å²) in [6.07, 6.45) is 0.780. The van der Waals surface area contributed by atoms with E-state index in [-0.39, 0.29) is 17.2 Å². The van der Waals surface area contributed by atoms with Gasteiger partial charge in [0, 0.05) is 25.9 Å². The third-order valence-electron chi connectivity index (χ3n) is 3.19. The van der Waals surface area contributed by atoms with Gasteiger partial charge in [0.15, 0.2) is 0 Å². The van der Waals surface area contributed by atoms with Crippen molar-refractivity contribution in [3.8, 4) is 0 Å². The SMILES string of the molecule is Cc1nn(C)c(CC(=O)CC(N)C(C)(C)C)c1Br. The van der Waals surface area contributed by atoms with Gasteiger partial charge in [-0.25, -0.2) is 0 Å². The molecule has 1 unspecified atom stereocenters. The molecular formula is C13H22BrN3O. The zero-order valence-corrected chi connectivity index (χ0v) is 13.3. The van der Waals surface area contributed by atoms with E-state index in [9.17, 15) is 4.79 Å². The van der Waals surface area contributed by atoms with Crippen molar-refractivity contribution in [2.45, 2.75) is 46.6 Å². The van der Waals surface area contributed by atoms with Crippen LogP contribution in [0.4, 0.5) is 0 Å². The normalized spacial score (nSPS) is 13.7. The van der Waals surface area contributed by atoms with Crippen molar-refractivity contribution in [3.05, 3.63) is 15.9 Å². The minimum absolute atomic E-state index is 0.0464. The minimum Gasteiger partial charge on any atom is -0.327 e. The summed E-state index contributed by atoms with van der Waals surface area (Å²) in [6, 6.07) is -0.113. The predicted molar refractivity (Wildman–Crippen MR) is 76.4 cm³/mol. The molecule has 0 aliphatic rings. The summed E-state index contributed by atoms with van der Waals surface area (Å²) < 4.78 is 2.67. The fourth-order valence-corrected chi connectivity index (χ4v) is 2.16. The number of ketones is 1. The molecular weight excluding hydrogens is 294 g/mol. The van der Waals surface area contributed by atoms with E-state index in [0.29, 0.717) is 12.8 Å². The molecule has 4 nitrogen and oxygen atoms in total. The van der Waals surface area contributed by atoms with Crippen LogP contribution in [0.5, 0.6) is 0 Å². The molecule has 0 saturated heterocycles. The number of carbonyl (C=O) groups excluding carboxylic acids is 1. The second-order valence-corrected chi connectivity index (χ2v) is 6.65. The Hall–Kier alpha value is -0.680. The van der Waals surface area contributed by atoms with Crippen LogP contribution in [0.1, 0.15) is 38.6 Å². The van der Waals surface area contributed by atoms with Crippen LogP contribution in [0.15, 0.2) is 4.47 Å². The van der Waals surface area contributed by atoms with Crippen LogP contribution in [0, 0.1) is 12.3 Å². The van der Waals surface area contributed by atoms with Gasteiger partial charge in [-0.1, -0.05) is 20.8 Å². The summed E-state index contributed by atoms with van der Waals surface area (Å²) in [6.45, 7) is 8.07. The molecule has 0 aromatic carbocycles. The number of aromatic nitrogens is 2. The third-order valence-corrected chi connectivity index (χ3v) is 4.22. The number of nitrogens with two attached hydrogens (primary N) is 1. The fraction of sp³-hybridized carbons (Fsp3) is 0.692. The Bertz CT molecular complexity index is 446. The standard InChI is InChI=1S/C13H22BrN3O/c1-8-12(14)10(17(5)16-8)6-9(18)7-11(15)13(2,3)4/h11H,6-7,15H2,1-5H3. The molecule has 18 heavy (non-hydrogen) atoms. The highest BCUT2D eigenvalue weighted by Gasteiger charge is 2.24. The van der Waals surface area contributed by atoms with Crippen LogP contribution < -0.4 is 5.73 Å². The molecule has 2 N–H and O–H groups in total. The van der Waals surface area contributed by atoms with Crippen LogP contribution in [0.3, 0.4) is 0 Å². The van der Waals surface area contributed by atoms with Gasteiger partial charge < -0.3 is 5.73 Å². The highest BCUT2D eigenvalue weighted by molar-refractivity contribution is 9.10. The number of carbonyl (C=O) groups is 1. The molecule has 1 aromatic rings. The van der Waals surface area contributed by atoms with Crippen molar-refractivity contribution < 1.29 is 4.79 Å². The van der Waals surface area contributed by atoms with Gasteiger partial charge in [-0.15, -0.1) is 0 Å². The van der Waals surface area contributed by atoms with E-state index in [0.717, 1.165) is 15.9 Å². The Morgan fingerprint density at radius 1 is 1.50 bits per heavy atom. The summed E-state index contributed by atoms with van der Waals surface area (Å²) in [5.41, 5.74) is 7.80. The number of hydrogen-bond donors (Lipinski definition) is 1. The number of Topliss-reactive ketones (excluding diaryl/α,β-unsaturated/α-hetero) is 1. The largest absolute Gasteiger partial charge is 0.327 e. The average molecular weight is 316 g/mol. The lowest BCUT2D eigenvalue weighted by Crippen LogP contribution is -2.37. The summed E-state index contributed by atoms with van der Waals surface area (Å²) in [5, 5.41) is 4.28. The van der Waals surface area contributed by atoms with Gasteiger partial charge in [0.2, 0.25) is 0 Å². The first-order chi connectivity index (χ1) is 8.12. The van der Waals surface area contributed by atoms with Gasteiger partial charge in [0.05, 0.1) is 15.9 Å². The molecule has 0 amide bonds. The van der Waals surface area contributed by atoms with E-state index in [2.05, 4.69) is 41.8 Å². The molecule has 1 atom stereocenters. The quantitative estimate of drug-likeness (QED) is 0.927. The average Bonchev–Trinajstić information content (AvgIpc) is 2.43. The van der Waals surface area contributed by atoms with Crippen LogP contribution in [-0.4, -0.2) is 21.6 Å². The Labute approximate surface area is 117 Å². The Morgan fingerprint density at radius 2 is 2.06 bits per heavy atom. The summed E-state index contributed by atoms with van der Waals surface area (Å²) in [4.78, 5) is 12.0.